The Hall–Kier alpha value is -1.40. The van der Waals surface area contributed by atoms with E-state index in [1.54, 1.807) is 4.90 Å². The van der Waals surface area contributed by atoms with Gasteiger partial charge in [-0.3, -0.25) is 4.79 Å². The van der Waals surface area contributed by atoms with Gasteiger partial charge in [-0.25, -0.2) is 4.79 Å². The second kappa shape index (κ2) is 7.04. The highest BCUT2D eigenvalue weighted by atomic mass is 32.1. The van der Waals surface area contributed by atoms with Gasteiger partial charge in [0.15, 0.2) is 6.04 Å². The fourth-order valence-corrected chi connectivity index (χ4v) is 3.49. The first-order chi connectivity index (χ1) is 10.1. The van der Waals surface area contributed by atoms with Crippen LogP contribution in [0, 0.1) is 6.92 Å². The second-order valence-electron chi connectivity index (χ2n) is 5.05. The van der Waals surface area contributed by atoms with Gasteiger partial charge in [0.2, 0.25) is 0 Å². The van der Waals surface area contributed by atoms with Crippen molar-refractivity contribution in [2.75, 3.05) is 26.9 Å². The monoisotopic (exact) mass is 311 g/mol. The van der Waals surface area contributed by atoms with Gasteiger partial charge in [0.25, 0.3) is 5.91 Å². The number of methoxy groups -OCH3 is 1. The lowest BCUT2D eigenvalue weighted by atomic mass is 10.1. The van der Waals surface area contributed by atoms with Gasteiger partial charge in [-0.15, -0.1) is 11.3 Å². The van der Waals surface area contributed by atoms with Gasteiger partial charge in [-0.1, -0.05) is 13.3 Å². The number of ether oxygens (including phenoxy) is 2. The van der Waals surface area contributed by atoms with Gasteiger partial charge in [-0.2, -0.15) is 0 Å². The molecule has 0 N–H and O–H groups in total. The van der Waals surface area contributed by atoms with Crippen molar-refractivity contribution in [2.45, 2.75) is 32.7 Å². The summed E-state index contributed by atoms with van der Waals surface area (Å²) in [6.07, 6.45) is 2.02. The van der Waals surface area contributed by atoms with Gasteiger partial charge >= 0.3 is 5.97 Å². The zero-order chi connectivity index (χ0) is 15.4. The Kier molecular flexibility index (Phi) is 5.36. The minimum Gasteiger partial charge on any atom is -0.467 e. The predicted octanol–water partition coefficient (Wildman–Crippen LogP) is 2.02. The zero-order valence-electron chi connectivity index (χ0n) is 12.7. The number of hydrogen-bond acceptors (Lipinski definition) is 5. The molecule has 1 saturated heterocycles. The van der Waals surface area contributed by atoms with Crippen LogP contribution >= 0.6 is 11.3 Å². The quantitative estimate of drug-likeness (QED) is 0.798. The molecule has 1 aromatic heterocycles. The normalized spacial score (nSPS) is 18.6. The van der Waals surface area contributed by atoms with E-state index < -0.39 is 12.0 Å². The van der Waals surface area contributed by atoms with Crippen LogP contribution in [0.15, 0.2) is 6.07 Å². The fraction of sp³-hybridized carbons (Fsp3) is 0.600. The van der Waals surface area contributed by atoms with Gasteiger partial charge in [-0.05, 0) is 25.0 Å². The van der Waals surface area contributed by atoms with E-state index in [2.05, 4.69) is 6.92 Å². The maximum absolute atomic E-state index is 12.7. The van der Waals surface area contributed by atoms with Crippen molar-refractivity contribution in [1.82, 2.24) is 4.90 Å². The number of carbonyl (C=O) groups excluding carboxylic acids is 2. The van der Waals surface area contributed by atoms with E-state index in [-0.39, 0.29) is 12.5 Å². The van der Waals surface area contributed by atoms with Crippen LogP contribution in [-0.4, -0.2) is 49.7 Å². The number of aryl methyl sites for hydroxylation is 2. The number of nitrogens with zero attached hydrogens (tertiary/aromatic N) is 1. The lowest BCUT2D eigenvalue weighted by molar-refractivity contribution is -0.151. The number of hydrogen-bond donors (Lipinski definition) is 0. The summed E-state index contributed by atoms with van der Waals surface area (Å²) in [6.45, 7) is 5.21. The topological polar surface area (TPSA) is 55.8 Å². The molecular weight excluding hydrogens is 290 g/mol. The fourth-order valence-electron chi connectivity index (χ4n) is 2.46. The molecule has 1 fully saturated rings. The summed E-state index contributed by atoms with van der Waals surface area (Å²) >= 11 is 1.49. The van der Waals surface area contributed by atoms with Gasteiger partial charge in [0, 0.05) is 11.4 Å². The Morgan fingerprint density at radius 1 is 1.52 bits per heavy atom. The molecule has 0 aromatic carbocycles. The van der Waals surface area contributed by atoms with Crippen molar-refractivity contribution in [1.29, 1.82) is 0 Å². The van der Waals surface area contributed by atoms with Crippen molar-refractivity contribution in [3.8, 4) is 0 Å². The molecule has 1 aliphatic rings. The molecule has 1 aliphatic heterocycles. The summed E-state index contributed by atoms with van der Waals surface area (Å²) in [7, 11) is 1.33. The van der Waals surface area contributed by atoms with Crippen molar-refractivity contribution in [3.05, 3.63) is 21.4 Å². The van der Waals surface area contributed by atoms with Gasteiger partial charge in [0.1, 0.15) is 0 Å². The largest absolute Gasteiger partial charge is 0.467 e. The summed E-state index contributed by atoms with van der Waals surface area (Å²) in [4.78, 5) is 27.9. The summed E-state index contributed by atoms with van der Waals surface area (Å²) in [6, 6.07) is 1.31. The summed E-state index contributed by atoms with van der Waals surface area (Å²) < 4.78 is 10.1. The molecule has 0 spiro atoms. The third-order valence-electron chi connectivity index (χ3n) is 3.61. The van der Waals surface area contributed by atoms with Crippen LogP contribution in [-0.2, 0) is 20.7 Å². The molecule has 0 aliphatic carbocycles. The molecule has 0 saturated carbocycles. The van der Waals surface area contributed by atoms with Crippen LogP contribution in [0.2, 0.25) is 0 Å². The Morgan fingerprint density at radius 3 is 2.95 bits per heavy atom. The van der Waals surface area contributed by atoms with Crippen molar-refractivity contribution < 1.29 is 19.1 Å². The van der Waals surface area contributed by atoms with Gasteiger partial charge in [0.05, 0.1) is 25.2 Å². The van der Waals surface area contributed by atoms with Crippen molar-refractivity contribution in [2.24, 2.45) is 0 Å². The maximum atomic E-state index is 12.7. The molecule has 1 aromatic rings. The lowest BCUT2D eigenvalue weighted by Gasteiger charge is -2.33. The number of morpholine rings is 1. The highest BCUT2D eigenvalue weighted by Crippen LogP contribution is 2.25. The Morgan fingerprint density at radius 2 is 2.29 bits per heavy atom. The van der Waals surface area contributed by atoms with E-state index in [1.165, 1.54) is 28.9 Å². The Bertz CT molecular complexity index is 526. The van der Waals surface area contributed by atoms with Crippen LogP contribution in [0.25, 0.3) is 0 Å². The number of thiophene rings is 1. The van der Waals surface area contributed by atoms with Crippen LogP contribution in [0.3, 0.4) is 0 Å². The van der Waals surface area contributed by atoms with E-state index >= 15 is 0 Å². The Labute approximate surface area is 128 Å². The Balaban J connectivity index is 2.20. The van der Waals surface area contributed by atoms with Crippen LogP contribution in [0.5, 0.6) is 0 Å². The SMILES string of the molecule is CCCc1cc(C(=O)N2CCOCC2C(=O)OC)sc1C. The average Bonchev–Trinajstić information content (AvgIpc) is 2.87. The number of rotatable bonds is 4. The van der Waals surface area contributed by atoms with E-state index in [9.17, 15) is 9.59 Å². The summed E-state index contributed by atoms with van der Waals surface area (Å²) in [5, 5.41) is 0. The van der Waals surface area contributed by atoms with Crippen LogP contribution in [0.4, 0.5) is 0 Å². The van der Waals surface area contributed by atoms with E-state index in [4.69, 9.17) is 9.47 Å². The smallest absolute Gasteiger partial charge is 0.331 e. The first kappa shape index (κ1) is 16.0. The molecule has 116 valence electrons. The summed E-state index contributed by atoms with van der Waals surface area (Å²) in [5.74, 6) is -0.533. The molecule has 1 atom stereocenters. The number of amides is 1. The number of carbonyl (C=O) groups is 2. The van der Waals surface area contributed by atoms with E-state index in [0.717, 1.165) is 12.8 Å². The van der Waals surface area contributed by atoms with E-state index in [0.29, 0.717) is 18.0 Å². The molecular formula is C15H21NO4S. The standard InChI is InChI=1S/C15H21NO4S/c1-4-5-11-8-13(21-10(11)2)14(17)16-6-7-20-9-12(16)15(18)19-3/h8,12H,4-7,9H2,1-3H3. The van der Waals surface area contributed by atoms with E-state index in [1.807, 2.05) is 13.0 Å². The summed E-state index contributed by atoms with van der Waals surface area (Å²) in [5.41, 5.74) is 1.22. The second-order valence-corrected chi connectivity index (χ2v) is 6.31. The first-order valence-electron chi connectivity index (χ1n) is 7.14. The van der Waals surface area contributed by atoms with Crippen molar-refractivity contribution in [3.63, 3.8) is 0 Å². The minimum absolute atomic E-state index is 0.107. The molecule has 0 radical (unpaired) electrons. The van der Waals surface area contributed by atoms with Crippen molar-refractivity contribution >= 4 is 23.2 Å². The average molecular weight is 311 g/mol. The first-order valence-corrected chi connectivity index (χ1v) is 7.96. The maximum Gasteiger partial charge on any atom is 0.331 e. The van der Waals surface area contributed by atoms with Crippen LogP contribution in [0.1, 0.15) is 33.5 Å². The third-order valence-corrected chi connectivity index (χ3v) is 4.69. The molecule has 1 amide bonds. The lowest BCUT2D eigenvalue weighted by Crippen LogP contribution is -2.52. The molecule has 1 unspecified atom stereocenters. The van der Waals surface area contributed by atoms with Crippen LogP contribution < -0.4 is 0 Å². The number of esters is 1. The molecule has 6 heteroatoms. The molecule has 0 bridgehead atoms. The highest BCUT2D eigenvalue weighted by Gasteiger charge is 2.34. The van der Waals surface area contributed by atoms with Gasteiger partial charge < -0.3 is 14.4 Å². The molecule has 5 nitrogen and oxygen atoms in total. The molecule has 21 heavy (non-hydrogen) atoms. The highest BCUT2D eigenvalue weighted by molar-refractivity contribution is 7.14. The molecule has 2 rings (SSSR count). The third kappa shape index (κ3) is 3.44. The minimum atomic E-state index is -0.645. The molecule has 2 heterocycles. The zero-order valence-corrected chi connectivity index (χ0v) is 13.5. The predicted molar refractivity (Wildman–Crippen MR) is 80.7 cm³/mol.